The van der Waals surface area contributed by atoms with Crippen molar-refractivity contribution in [2.45, 2.75) is 51.5 Å². The number of rotatable bonds is 7. The van der Waals surface area contributed by atoms with Gasteiger partial charge in [-0.15, -0.1) is 0 Å². The lowest BCUT2D eigenvalue weighted by Gasteiger charge is -2.35. The summed E-state index contributed by atoms with van der Waals surface area (Å²) in [5.74, 6) is 3.04. The van der Waals surface area contributed by atoms with Crippen molar-refractivity contribution in [1.82, 2.24) is 9.80 Å². The van der Waals surface area contributed by atoms with E-state index >= 15 is 0 Å². The molecule has 0 saturated carbocycles. The summed E-state index contributed by atoms with van der Waals surface area (Å²) in [6.45, 7) is 7.10. The molecule has 2 fully saturated rings. The molecule has 0 spiro atoms. The van der Waals surface area contributed by atoms with Crippen LogP contribution in [0.4, 0.5) is 10.5 Å². The summed E-state index contributed by atoms with van der Waals surface area (Å²) < 4.78 is 5.71. The second-order valence-electron chi connectivity index (χ2n) is 7.79. The van der Waals surface area contributed by atoms with Gasteiger partial charge in [-0.1, -0.05) is 19.8 Å². The number of hydrogen-bond donors (Lipinski definition) is 1. The molecule has 1 aromatic carbocycles. The van der Waals surface area contributed by atoms with E-state index in [0.717, 1.165) is 61.9 Å². The van der Waals surface area contributed by atoms with E-state index in [0.29, 0.717) is 6.04 Å². The lowest BCUT2D eigenvalue weighted by molar-refractivity contribution is 0.151. The second-order valence-corrected chi connectivity index (χ2v) is 8.94. The highest BCUT2D eigenvalue weighted by molar-refractivity contribution is 7.99. The van der Waals surface area contributed by atoms with E-state index in [4.69, 9.17) is 4.74 Å². The van der Waals surface area contributed by atoms with Crippen molar-refractivity contribution < 1.29 is 9.53 Å². The fourth-order valence-corrected chi connectivity index (χ4v) is 4.91. The highest BCUT2D eigenvalue weighted by Crippen LogP contribution is 2.21. The van der Waals surface area contributed by atoms with Crippen LogP contribution in [-0.4, -0.2) is 66.2 Å². The molecule has 1 atom stereocenters. The van der Waals surface area contributed by atoms with Gasteiger partial charge in [0.2, 0.25) is 0 Å². The second kappa shape index (κ2) is 11.6. The fourth-order valence-electron chi connectivity index (χ4n) is 3.85. The van der Waals surface area contributed by atoms with Gasteiger partial charge in [-0.05, 0) is 68.8 Å². The van der Waals surface area contributed by atoms with Crippen LogP contribution in [0.2, 0.25) is 0 Å². The molecule has 28 heavy (non-hydrogen) atoms. The molecule has 0 radical (unpaired) electrons. The Balaban J connectivity index is 1.56. The van der Waals surface area contributed by atoms with Crippen molar-refractivity contribution in [2.24, 2.45) is 0 Å². The Kier molecular flexibility index (Phi) is 8.80. The number of ether oxygens (including phenoxy) is 1. The Hall–Kier alpha value is -1.40. The molecule has 2 saturated heterocycles. The normalized spacial score (nSPS) is 21.2. The Labute approximate surface area is 174 Å². The first-order chi connectivity index (χ1) is 13.8. The van der Waals surface area contributed by atoms with Crippen molar-refractivity contribution in [1.29, 1.82) is 0 Å². The molecule has 0 aromatic heterocycles. The van der Waals surface area contributed by atoms with Crippen molar-refractivity contribution >= 4 is 23.5 Å². The van der Waals surface area contributed by atoms with Gasteiger partial charge in [-0.3, -0.25) is 0 Å². The van der Waals surface area contributed by atoms with E-state index in [-0.39, 0.29) is 6.03 Å². The quantitative estimate of drug-likeness (QED) is 0.669. The molecule has 6 heteroatoms. The average molecular weight is 406 g/mol. The summed E-state index contributed by atoms with van der Waals surface area (Å²) in [5, 5.41) is 3.10. The maximum atomic E-state index is 13.0. The van der Waals surface area contributed by atoms with Gasteiger partial charge in [0.15, 0.2) is 0 Å². The van der Waals surface area contributed by atoms with Gasteiger partial charge in [-0.2, -0.15) is 11.8 Å². The van der Waals surface area contributed by atoms with Crippen LogP contribution in [-0.2, 0) is 0 Å². The van der Waals surface area contributed by atoms with Crippen LogP contribution in [0.5, 0.6) is 5.75 Å². The van der Waals surface area contributed by atoms with Gasteiger partial charge < -0.3 is 19.9 Å². The van der Waals surface area contributed by atoms with Crippen LogP contribution in [0.25, 0.3) is 0 Å². The monoisotopic (exact) mass is 405 g/mol. The first kappa shape index (κ1) is 21.3. The van der Waals surface area contributed by atoms with Crippen molar-refractivity contribution in [3.63, 3.8) is 0 Å². The fraction of sp³-hybridized carbons (Fsp3) is 0.682. The zero-order chi connectivity index (χ0) is 19.6. The van der Waals surface area contributed by atoms with E-state index in [1.54, 1.807) is 0 Å². The largest absolute Gasteiger partial charge is 0.494 e. The SMILES string of the molecule is CCCCOc1ccc(NC(=O)N2CCCSCC2CN2CCCCC2)cc1. The van der Waals surface area contributed by atoms with Gasteiger partial charge in [0.1, 0.15) is 5.75 Å². The third kappa shape index (κ3) is 6.59. The number of anilines is 1. The number of benzene rings is 1. The van der Waals surface area contributed by atoms with Gasteiger partial charge in [-0.25, -0.2) is 4.79 Å². The molecular weight excluding hydrogens is 370 g/mol. The summed E-state index contributed by atoms with van der Waals surface area (Å²) in [5.41, 5.74) is 0.835. The number of hydrogen-bond acceptors (Lipinski definition) is 4. The number of piperidine rings is 1. The highest BCUT2D eigenvalue weighted by Gasteiger charge is 2.28. The van der Waals surface area contributed by atoms with Gasteiger partial charge in [0.25, 0.3) is 0 Å². The van der Waals surface area contributed by atoms with E-state index in [9.17, 15) is 4.79 Å². The number of thioether (sulfide) groups is 1. The van der Waals surface area contributed by atoms with Crippen LogP contribution >= 0.6 is 11.8 Å². The molecule has 2 aliphatic rings. The zero-order valence-electron chi connectivity index (χ0n) is 17.2. The number of nitrogens with zero attached hydrogens (tertiary/aromatic N) is 2. The van der Waals surface area contributed by atoms with Gasteiger partial charge >= 0.3 is 6.03 Å². The molecular formula is C22H35N3O2S. The third-order valence-corrected chi connectivity index (χ3v) is 6.69. The Morgan fingerprint density at radius 3 is 2.68 bits per heavy atom. The molecule has 1 unspecified atom stereocenters. The molecule has 0 bridgehead atoms. The molecule has 1 aromatic rings. The molecule has 2 heterocycles. The highest BCUT2D eigenvalue weighted by atomic mass is 32.2. The standard InChI is InChI=1S/C22H35N3O2S/c1-2-3-15-27-21-10-8-19(9-11-21)23-22(26)25-14-7-16-28-18-20(25)17-24-12-5-4-6-13-24/h8-11,20H,2-7,12-18H2,1H3,(H,23,26). The van der Waals surface area contributed by atoms with E-state index in [1.165, 1.54) is 32.4 Å². The van der Waals surface area contributed by atoms with Crippen LogP contribution < -0.4 is 10.1 Å². The molecule has 0 aliphatic carbocycles. The van der Waals surface area contributed by atoms with Gasteiger partial charge in [0, 0.05) is 24.5 Å². The first-order valence-corrected chi connectivity index (χ1v) is 12.0. The molecule has 5 nitrogen and oxygen atoms in total. The van der Waals surface area contributed by atoms with Crippen molar-refractivity contribution in [3.8, 4) is 5.75 Å². The summed E-state index contributed by atoms with van der Waals surface area (Å²) in [6, 6.07) is 8.08. The van der Waals surface area contributed by atoms with Crippen LogP contribution in [0.1, 0.15) is 45.4 Å². The van der Waals surface area contributed by atoms with E-state index in [2.05, 4.69) is 22.0 Å². The smallest absolute Gasteiger partial charge is 0.322 e. The first-order valence-electron chi connectivity index (χ1n) is 10.9. The minimum Gasteiger partial charge on any atom is -0.494 e. The predicted molar refractivity (Wildman–Crippen MR) is 119 cm³/mol. The number of carbonyl (C=O) groups is 1. The number of carbonyl (C=O) groups excluding carboxylic acids is 1. The topological polar surface area (TPSA) is 44.8 Å². The maximum absolute atomic E-state index is 13.0. The predicted octanol–water partition coefficient (Wildman–Crippen LogP) is 4.69. The summed E-state index contributed by atoms with van der Waals surface area (Å²) in [7, 11) is 0. The Morgan fingerprint density at radius 2 is 1.93 bits per heavy atom. The Morgan fingerprint density at radius 1 is 1.14 bits per heavy atom. The lowest BCUT2D eigenvalue weighted by Crippen LogP contribution is -2.50. The molecule has 156 valence electrons. The summed E-state index contributed by atoms with van der Waals surface area (Å²) in [6.07, 6.45) is 7.18. The number of amides is 2. The third-order valence-electron chi connectivity index (χ3n) is 5.49. The maximum Gasteiger partial charge on any atom is 0.322 e. The van der Waals surface area contributed by atoms with Crippen molar-refractivity contribution in [2.75, 3.05) is 49.6 Å². The zero-order valence-corrected chi connectivity index (χ0v) is 18.0. The number of likely N-dealkylation sites (tertiary alicyclic amines) is 1. The lowest BCUT2D eigenvalue weighted by atomic mass is 10.1. The van der Waals surface area contributed by atoms with Crippen LogP contribution in [0, 0.1) is 0 Å². The number of nitrogens with one attached hydrogen (secondary N) is 1. The van der Waals surface area contributed by atoms with Gasteiger partial charge in [0.05, 0.1) is 12.6 Å². The van der Waals surface area contributed by atoms with Crippen LogP contribution in [0.15, 0.2) is 24.3 Å². The number of unbranched alkanes of at least 4 members (excludes halogenated alkanes) is 1. The minimum absolute atomic E-state index is 0.0316. The molecule has 2 aliphatic heterocycles. The number of urea groups is 1. The van der Waals surface area contributed by atoms with Crippen LogP contribution in [0.3, 0.4) is 0 Å². The summed E-state index contributed by atoms with van der Waals surface area (Å²) >= 11 is 1.99. The van der Waals surface area contributed by atoms with Crippen molar-refractivity contribution in [3.05, 3.63) is 24.3 Å². The summed E-state index contributed by atoms with van der Waals surface area (Å²) in [4.78, 5) is 17.6. The molecule has 1 N–H and O–H groups in total. The average Bonchev–Trinajstić information content (AvgIpc) is 2.96. The molecule has 3 rings (SSSR count). The molecule has 2 amide bonds. The van der Waals surface area contributed by atoms with E-state index < -0.39 is 0 Å². The van der Waals surface area contributed by atoms with E-state index in [1.807, 2.05) is 36.0 Å². The Bertz CT molecular complexity index is 590. The minimum atomic E-state index is 0.0316.